The average Bonchev–Trinajstić information content (AvgIpc) is 2.19. The third-order valence-corrected chi connectivity index (χ3v) is 2.54. The van der Waals surface area contributed by atoms with E-state index in [1.807, 2.05) is 0 Å². The summed E-state index contributed by atoms with van der Waals surface area (Å²) in [6, 6.07) is 2.15. The number of alkyl halides is 4. The van der Waals surface area contributed by atoms with E-state index < -0.39 is 17.6 Å². The third kappa shape index (κ3) is 3.30. The lowest BCUT2D eigenvalue weighted by atomic mass is 10.1. The smallest absolute Gasteiger partial charge is 0.298 e. The Labute approximate surface area is 97.6 Å². The molecule has 0 saturated carbocycles. The largest absolute Gasteiger partial charge is 0.416 e. The highest BCUT2D eigenvalue weighted by Crippen LogP contribution is 2.30. The molecule has 0 saturated heterocycles. The molecule has 0 N–H and O–H groups in total. The fourth-order valence-corrected chi connectivity index (χ4v) is 1.32. The van der Waals surface area contributed by atoms with Gasteiger partial charge in [0.25, 0.3) is 0 Å². The minimum absolute atomic E-state index is 0.0301. The van der Waals surface area contributed by atoms with Gasteiger partial charge in [0.1, 0.15) is 11.6 Å². The molecule has 0 unspecified atom stereocenters. The number of hydrogen-bond donors (Lipinski definition) is 0. The highest BCUT2D eigenvalue weighted by molar-refractivity contribution is 9.09. The Kier molecular flexibility index (Phi) is 4.07. The van der Waals surface area contributed by atoms with Gasteiger partial charge >= 0.3 is 6.18 Å². The first-order chi connectivity index (χ1) is 7.34. The lowest BCUT2D eigenvalue weighted by Gasteiger charge is -2.08. The summed E-state index contributed by atoms with van der Waals surface area (Å²) >= 11 is 2.89. The van der Waals surface area contributed by atoms with Crippen molar-refractivity contribution >= 4 is 21.7 Å². The third-order valence-electron chi connectivity index (χ3n) is 1.92. The summed E-state index contributed by atoms with van der Waals surface area (Å²) < 4.78 is 49.8. The Balaban J connectivity index is 2.96. The minimum Gasteiger partial charge on any atom is -0.298 e. The Morgan fingerprint density at radius 3 is 2.38 bits per heavy atom. The lowest BCUT2D eigenvalue weighted by molar-refractivity contribution is -0.137. The van der Waals surface area contributed by atoms with Gasteiger partial charge in [0.2, 0.25) is 0 Å². The number of Topliss-reactive ketones (excluding diaryl/α,β-unsaturated/α-hetero) is 1. The first-order valence-corrected chi connectivity index (χ1v) is 5.40. The number of hydrogen-bond acceptors (Lipinski definition) is 1. The van der Waals surface area contributed by atoms with Crippen LogP contribution in [0.2, 0.25) is 0 Å². The number of ketones is 1. The molecule has 0 amide bonds. The molecule has 0 bridgehead atoms. The zero-order chi connectivity index (χ0) is 12.3. The van der Waals surface area contributed by atoms with Crippen LogP contribution in [0.1, 0.15) is 11.1 Å². The Hall–Kier alpha value is -0.910. The van der Waals surface area contributed by atoms with Gasteiger partial charge in [-0.2, -0.15) is 13.2 Å². The second-order valence-electron chi connectivity index (χ2n) is 3.15. The number of rotatable bonds is 3. The average molecular weight is 299 g/mol. The van der Waals surface area contributed by atoms with E-state index in [-0.39, 0.29) is 23.1 Å². The van der Waals surface area contributed by atoms with Crippen LogP contribution in [0, 0.1) is 5.82 Å². The zero-order valence-corrected chi connectivity index (χ0v) is 9.53. The summed E-state index contributed by atoms with van der Waals surface area (Å²) in [5.41, 5.74) is -1.09. The number of carbonyl (C=O) groups is 1. The molecule has 0 fully saturated rings. The summed E-state index contributed by atoms with van der Waals surface area (Å²) in [5, 5.41) is 0.0491. The van der Waals surface area contributed by atoms with Crippen LogP contribution in [0.3, 0.4) is 0 Å². The lowest BCUT2D eigenvalue weighted by Crippen LogP contribution is -2.09. The van der Waals surface area contributed by atoms with E-state index in [9.17, 15) is 22.4 Å². The number of carbonyl (C=O) groups excluding carboxylic acids is 1. The van der Waals surface area contributed by atoms with E-state index in [1.165, 1.54) is 0 Å². The van der Waals surface area contributed by atoms with Crippen LogP contribution in [0.25, 0.3) is 0 Å². The monoisotopic (exact) mass is 298 g/mol. The van der Waals surface area contributed by atoms with Crippen LogP contribution in [0.15, 0.2) is 18.2 Å². The predicted molar refractivity (Wildman–Crippen MR) is 53.9 cm³/mol. The summed E-state index contributed by atoms with van der Waals surface area (Å²) in [5.74, 6) is -1.30. The van der Waals surface area contributed by atoms with E-state index in [1.54, 1.807) is 0 Å². The molecule has 1 nitrogen and oxygen atoms in total. The number of halogens is 5. The van der Waals surface area contributed by atoms with Crippen LogP contribution < -0.4 is 0 Å². The topological polar surface area (TPSA) is 17.1 Å². The molecule has 0 aliphatic rings. The van der Waals surface area contributed by atoms with Crippen molar-refractivity contribution in [2.75, 3.05) is 5.33 Å². The fourth-order valence-electron chi connectivity index (χ4n) is 1.13. The maximum Gasteiger partial charge on any atom is 0.416 e. The van der Waals surface area contributed by atoms with Gasteiger partial charge in [-0.05, 0) is 17.7 Å². The van der Waals surface area contributed by atoms with Crippen LogP contribution in [-0.2, 0) is 17.4 Å². The van der Waals surface area contributed by atoms with E-state index in [2.05, 4.69) is 15.9 Å². The molecule has 0 atom stereocenters. The minimum atomic E-state index is -4.57. The second-order valence-corrected chi connectivity index (χ2v) is 3.71. The molecule has 0 aromatic heterocycles. The van der Waals surface area contributed by atoms with Crippen molar-refractivity contribution in [3.05, 3.63) is 35.1 Å². The second kappa shape index (κ2) is 4.95. The van der Waals surface area contributed by atoms with E-state index in [0.717, 1.165) is 12.1 Å². The molecule has 0 radical (unpaired) electrons. The molecule has 1 aromatic rings. The Morgan fingerprint density at radius 1 is 1.31 bits per heavy atom. The molecule has 1 rings (SSSR count). The highest BCUT2D eigenvalue weighted by Gasteiger charge is 2.31. The first kappa shape index (κ1) is 13.2. The van der Waals surface area contributed by atoms with E-state index >= 15 is 0 Å². The molecule has 0 heterocycles. The summed E-state index contributed by atoms with van der Waals surface area (Å²) in [7, 11) is 0. The number of benzene rings is 1. The quantitative estimate of drug-likeness (QED) is 0.618. The first-order valence-electron chi connectivity index (χ1n) is 4.28. The summed E-state index contributed by atoms with van der Waals surface area (Å²) in [6.45, 7) is 0. The predicted octanol–water partition coefficient (Wildman–Crippen LogP) is 3.35. The van der Waals surface area contributed by atoms with Crippen LogP contribution in [-0.4, -0.2) is 11.1 Å². The van der Waals surface area contributed by atoms with Crippen LogP contribution >= 0.6 is 15.9 Å². The van der Waals surface area contributed by atoms with Crippen molar-refractivity contribution in [1.29, 1.82) is 0 Å². The SMILES string of the molecule is O=C(CBr)Cc1ccc(C(F)(F)F)cc1F. The van der Waals surface area contributed by atoms with Gasteiger partial charge in [0, 0.05) is 6.42 Å². The van der Waals surface area contributed by atoms with E-state index in [0.29, 0.717) is 6.07 Å². The maximum atomic E-state index is 13.2. The van der Waals surface area contributed by atoms with Gasteiger partial charge in [-0.15, -0.1) is 0 Å². The van der Waals surface area contributed by atoms with Gasteiger partial charge in [0.15, 0.2) is 0 Å². The van der Waals surface area contributed by atoms with Crippen LogP contribution in [0.4, 0.5) is 17.6 Å². The molecular formula is C10H7BrF4O. The standard InChI is InChI=1S/C10H7BrF4O/c11-5-8(16)3-6-1-2-7(4-9(6)12)10(13,14)15/h1-2,4H,3,5H2. The molecular weight excluding hydrogens is 292 g/mol. The molecule has 6 heteroatoms. The maximum absolute atomic E-state index is 13.2. The molecule has 88 valence electrons. The van der Waals surface area contributed by atoms with Crippen molar-refractivity contribution in [2.24, 2.45) is 0 Å². The van der Waals surface area contributed by atoms with Crippen molar-refractivity contribution in [1.82, 2.24) is 0 Å². The molecule has 0 aliphatic carbocycles. The Morgan fingerprint density at radius 2 is 1.94 bits per heavy atom. The van der Waals surface area contributed by atoms with Crippen molar-refractivity contribution < 1.29 is 22.4 Å². The summed E-state index contributed by atoms with van der Waals surface area (Å²) in [6.07, 6.45) is -4.78. The van der Waals surface area contributed by atoms with Gasteiger partial charge in [-0.25, -0.2) is 4.39 Å². The van der Waals surface area contributed by atoms with E-state index in [4.69, 9.17) is 0 Å². The summed E-state index contributed by atoms with van der Waals surface area (Å²) in [4.78, 5) is 11.0. The van der Waals surface area contributed by atoms with Crippen molar-refractivity contribution in [3.8, 4) is 0 Å². The van der Waals surface area contributed by atoms with Gasteiger partial charge in [-0.1, -0.05) is 22.0 Å². The van der Waals surface area contributed by atoms with Gasteiger partial charge < -0.3 is 0 Å². The van der Waals surface area contributed by atoms with Crippen LogP contribution in [0.5, 0.6) is 0 Å². The molecule has 16 heavy (non-hydrogen) atoms. The van der Waals surface area contributed by atoms with Crippen molar-refractivity contribution in [3.63, 3.8) is 0 Å². The normalized spacial score (nSPS) is 11.6. The fraction of sp³-hybridized carbons (Fsp3) is 0.300. The highest BCUT2D eigenvalue weighted by atomic mass is 79.9. The zero-order valence-electron chi connectivity index (χ0n) is 7.94. The Bertz CT molecular complexity index is 400. The van der Waals surface area contributed by atoms with Crippen molar-refractivity contribution in [2.45, 2.75) is 12.6 Å². The molecule has 0 spiro atoms. The molecule has 0 aliphatic heterocycles. The van der Waals surface area contributed by atoms with Gasteiger partial charge in [0.05, 0.1) is 10.9 Å². The molecule has 1 aromatic carbocycles. The van der Waals surface area contributed by atoms with Gasteiger partial charge in [-0.3, -0.25) is 4.79 Å².